The molecule has 2 nitrogen and oxygen atoms in total. The summed E-state index contributed by atoms with van der Waals surface area (Å²) in [6.07, 6.45) is 1.88. The van der Waals surface area contributed by atoms with Crippen LogP contribution in [0.1, 0.15) is 0 Å². The van der Waals surface area contributed by atoms with E-state index in [9.17, 15) is 0 Å². The lowest BCUT2D eigenvalue weighted by Crippen LogP contribution is -1.94. The Kier molecular flexibility index (Phi) is 6.53. The topological polar surface area (TPSA) is 25.8 Å². The summed E-state index contributed by atoms with van der Waals surface area (Å²) in [7, 11) is 0. The first-order valence-electron chi connectivity index (χ1n) is 17.1. The largest absolute Gasteiger partial charge is 0.256 e. The number of pyridine rings is 2. The average Bonchev–Trinajstić information content (AvgIpc) is 3.19. The number of para-hydroxylation sites is 1. The third kappa shape index (κ3) is 4.73. The Morgan fingerprint density at radius 3 is 1.68 bits per heavy atom. The predicted molar refractivity (Wildman–Crippen MR) is 211 cm³/mol. The van der Waals surface area contributed by atoms with Crippen LogP contribution in [0, 0.1) is 0 Å². The van der Waals surface area contributed by atoms with Crippen LogP contribution in [0.25, 0.3) is 98.8 Å². The van der Waals surface area contributed by atoms with Gasteiger partial charge in [-0.25, -0.2) is 4.98 Å². The molecule has 0 N–H and O–H groups in total. The fraction of sp³-hybridized carbons (Fsp3) is 0. The molecule has 8 aromatic carbocycles. The van der Waals surface area contributed by atoms with Crippen LogP contribution in [0.2, 0.25) is 0 Å². The second-order valence-electron chi connectivity index (χ2n) is 13.0. The summed E-state index contributed by atoms with van der Waals surface area (Å²) in [5.41, 5.74) is 11.0. The number of hydrogen-bond acceptors (Lipinski definition) is 2. The van der Waals surface area contributed by atoms with Gasteiger partial charge in [0.2, 0.25) is 0 Å². The smallest absolute Gasteiger partial charge is 0.0794 e. The first-order chi connectivity index (χ1) is 24.8. The summed E-state index contributed by atoms with van der Waals surface area (Å²) >= 11 is 0. The van der Waals surface area contributed by atoms with Gasteiger partial charge in [0.1, 0.15) is 0 Å². The molecule has 0 fully saturated rings. The molecule has 0 aliphatic heterocycles. The molecule has 232 valence electrons. The van der Waals surface area contributed by atoms with Crippen molar-refractivity contribution in [1.82, 2.24) is 9.97 Å². The average molecular weight is 635 g/mol. The Bertz CT molecular complexity index is 2930. The van der Waals surface area contributed by atoms with Crippen LogP contribution < -0.4 is 0 Å². The zero-order valence-electron chi connectivity index (χ0n) is 27.2. The summed E-state index contributed by atoms with van der Waals surface area (Å²) in [4.78, 5) is 10.2. The minimum Gasteiger partial charge on any atom is -0.256 e. The van der Waals surface area contributed by atoms with E-state index in [4.69, 9.17) is 9.97 Å². The molecule has 0 aliphatic rings. The van der Waals surface area contributed by atoms with Gasteiger partial charge >= 0.3 is 0 Å². The molecular weight excluding hydrogens is 605 g/mol. The number of benzene rings is 8. The second kappa shape index (κ2) is 11.5. The molecule has 0 bridgehead atoms. The molecule has 0 radical (unpaired) electrons. The van der Waals surface area contributed by atoms with E-state index in [1.165, 1.54) is 38.1 Å². The molecule has 0 atom stereocenters. The molecular formula is C48H30N2. The van der Waals surface area contributed by atoms with Gasteiger partial charge < -0.3 is 0 Å². The van der Waals surface area contributed by atoms with E-state index < -0.39 is 0 Å². The van der Waals surface area contributed by atoms with Gasteiger partial charge in [0.15, 0.2) is 0 Å². The van der Waals surface area contributed by atoms with Crippen molar-refractivity contribution in [2.75, 3.05) is 0 Å². The fourth-order valence-electron chi connectivity index (χ4n) is 7.58. The molecule has 0 spiro atoms. The Labute approximate surface area is 290 Å². The third-order valence-electron chi connectivity index (χ3n) is 10.0. The van der Waals surface area contributed by atoms with Gasteiger partial charge in [0, 0.05) is 33.5 Å². The van der Waals surface area contributed by atoms with Gasteiger partial charge in [-0.15, -0.1) is 0 Å². The van der Waals surface area contributed by atoms with Crippen molar-refractivity contribution in [3.8, 4) is 44.6 Å². The highest BCUT2D eigenvalue weighted by atomic mass is 14.7. The van der Waals surface area contributed by atoms with Gasteiger partial charge in [0.05, 0.1) is 16.7 Å². The van der Waals surface area contributed by atoms with E-state index in [-0.39, 0.29) is 0 Å². The van der Waals surface area contributed by atoms with E-state index in [1.807, 2.05) is 12.3 Å². The summed E-state index contributed by atoms with van der Waals surface area (Å²) in [6.45, 7) is 0. The van der Waals surface area contributed by atoms with E-state index in [2.05, 4.69) is 170 Å². The standard InChI is InChI=1S/C48H30N2/c1-3-12-34-26-38(23-21-31(34)10-1)43-29-45-44(37-16-7-15-36(28-37)40-20-8-14-33-17-9-25-49-47(33)40)30-46(50-48(45)42-19-6-5-18-41(42)43)39-24-22-32-11-2-4-13-35(32)27-39/h1-30H. The molecule has 2 heteroatoms. The second-order valence-corrected chi connectivity index (χ2v) is 13.0. The van der Waals surface area contributed by atoms with E-state index >= 15 is 0 Å². The maximum atomic E-state index is 5.46. The van der Waals surface area contributed by atoms with Crippen LogP contribution >= 0.6 is 0 Å². The van der Waals surface area contributed by atoms with Gasteiger partial charge in [-0.05, 0) is 91.1 Å². The maximum absolute atomic E-state index is 5.46. The van der Waals surface area contributed by atoms with Crippen LogP contribution in [0.4, 0.5) is 0 Å². The van der Waals surface area contributed by atoms with Crippen molar-refractivity contribution >= 4 is 54.1 Å². The van der Waals surface area contributed by atoms with Crippen LogP contribution in [0.15, 0.2) is 182 Å². The third-order valence-corrected chi connectivity index (χ3v) is 10.0. The van der Waals surface area contributed by atoms with Crippen molar-refractivity contribution in [2.24, 2.45) is 0 Å². The summed E-state index contributed by atoms with van der Waals surface area (Å²) < 4.78 is 0. The Hall–Kier alpha value is -6.64. The molecule has 10 rings (SSSR count). The predicted octanol–water partition coefficient (Wildman–Crippen LogP) is 12.9. The van der Waals surface area contributed by atoms with E-state index in [1.54, 1.807) is 0 Å². The summed E-state index contributed by atoms with van der Waals surface area (Å²) in [5, 5.41) is 9.50. The fourth-order valence-corrected chi connectivity index (χ4v) is 7.58. The summed E-state index contributed by atoms with van der Waals surface area (Å²) in [6, 6.07) is 63.4. The Morgan fingerprint density at radius 2 is 0.880 bits per heavy atom. The lowest BCUT2D eigenvalue weighted by Gasteiger charge is -2.17. The Morgan fingerprint density at radius 1 is 0.300 bits per heavy atom. The zero-order valence-corrected chi connectivity index (χ0v) is 27.2. The molecule has 0 aliphatic carbocycles. The molecule has 10 aromatic rings. The first kappa shape index (κ1) is 28.4. The van der Waals surface area contributed by atoms with Crippen molar-refractivity contribution in [3.63, 3.8) is 0 Å². The monoisotopic (exact) mass is 634 g/mol. The first-order valence-corrected chi connectivity index (χ1v) is 17.1. The van der Waals surface area contributed by atoms with Crippen LogP contribution in [0.5, 0.6) is 0 Å². The minimum absolute atomic E-state index is 0.957. The molecule has 0 amide bonds. The van der Waals surface area contributed by atoms with Crippen molar-refractivity contribution in [2.45, 2.75) is 0 Å². The molecule has 2 heterocycles. The molecule has 0 saturated heterocycles. The van der Waals surface area contributed by atoms with Crippen molar-refractivity contribution < 1.29 is 0 Å². The van der Waals surface area contributed by atoms with Crippen LogP contribution in [0.3, 0.4) is 0 Å². The van der Waals surface area contributed by atoms with E-state index in [0.29, 0.717) is 0 Å². The van der Waals surface area contributed by atoms with E-state index in [0.717, 1.165) is 60.7 Å². The summed E-state index contributed by atoms with van der Waals surface area (Å²) in [5.74, 6) is 0. The normalized spacial score (nSPS) is 11.6. The van der Waals surface area contributed by atoms with Gasteiger partial charge in [0.25, 0.3) is 0 Å². The number of nitrogens with zero attached hydrogens (tertiary/aromatic N) is 2. The number of hydrogen-bond donors (Lipinski definition) is 0. The zero-order chi connectivity index (χ0) is 33.0. The number of rotatable bonds is 4. The van der Waals surface area contributed by atoms with Crippen molar-refractivity contribution in [3.05, 3.63) is 182 Å². The maximum Gasteiger partial charge on any atom is 0.0794 e. The van der Waals surface area contributed by atoms with Gasteiger partial charge in [-0.3, -0.25) is 4.98 Å². The molecule has 0 unspecified atom stereocenters. The SMILES string of the molecule is c1cc(-c2cc(-c3ccc4ccccc4c3)nc3c2cc(-c2ccc4ccccc4c2)c2ccccc23)cc(-c2cccc3cccnc23)c1. The number of aromatic nitrogens is 2. The van der Waals surface area contributed by atoms with Crippen LogP contribution in [-0.2, 0) is 0 Å². The lowest BCUT2D eigenvalue weighted by molar-refractivity contribution is 1.41. The molecule has 50 heavy (non-hydrogen) atoms. The van der Waals surface area contributed by atoms with Crippen molar-refractivity contribution in [1.29, 1.82) is 0 Å². The molecule has 2 aromatic heterocycles. The van der Waals surface area contributed by atoms with Gasteiger partial charge in [-0.2, -0.15) is 0 Å². The van der Waals surface area contributed by atoms with Crippen LogP contribution in [-0.4, -0.2) is 9.97 Å². The van der Waals surface area contributed by atoms with Gasteiger partial charge in [-0.1, -0.05) is 140 Å². The lowest BCUT2D eigenvalue weighted by atomic mass is 9.89. The highest BCUT2D eigenvalue weighted by molar-refractivity contribution is 6.16. The highest BCUT2D eigenvalue weighted by Gasteiger charge is 2.17. The minimum atomic E-state index is 0.957. The quantitative estimate of drug-likeness (QED) is 0.180. The number of fused-ring (bicyclic) bond motifs is 6. The Balaban J connectivity index is 1.27. The highest BCUT2D eigenvalue weighted by Crippen LogP contribution is 2.42. The molecule has 0 saturated carbocycles.